The molecule has 0 unspecified atom stereocenters. The first-order valence-corrected chi connectivity index (χ1v) is 5.42. The molecule has 15 heavy (non-hydrogen) atoms. The van der Waals surface area contributed by atoms with Gasteiger partial charge in [-0.2, -0.15) is 0 Å². The Morgan fingerprint density at radius 3 is 2.87 bits per heavy atom. The van der Waals surface area contributed by atoms with Gasteiger partial charge in [-0.1, -0.05) is 11.6 Å². The topological polar surface area (TPSA) is 45.2 Å². The van der Waals surface area contributed by atoms with Gasteiger partial charge in [0.05, 0.1) is 22.9 Å². The first kappa shape index (κ1) is 12.4. The van der Waals surface area contributed by atoms with E-state index >= 15 is 0 Å². The zero-order valence-electron chi connectivity index (χ0n) is 8.42. The average Bonchev–Trinajstić information content (AvgIpc) is 2.10. The van der Waals surface area contributed by atoms with Gasteiger partial charge in [0.25, 0.3) is 0 Å². The van der Waals surface area contributed by atoms with Crippen molar-refractivity contribution in [3.63, 3.8) is 0 Å². The van der Waals surface area contributed by atoms with Gasteiger partial charge < -0.3 is 10.2 Å². The second-order valence-corrected chi connectivity index (χ2v) is 4.49. The molecular formula is C9H11BrClN3O. The smallest absolute Gasteiger partial charge is 0.238 e. The van der Waals surface area contributed by atoms with Gasteiger partial charge in [0, 0.05) is 0 Å². The van der Waals surface area contributed by atoms with E-state index in [0.717, 1.165) is 0 Å². The van der Waals surface area contributed by atoms with Crippen molar-refractivity contribution >= 4 is 39.1 Å². The summed E-state index contributed by atoms with van der Waals surface area (Å²) in [6.45, 7) is 0.334. The molecule has 1 heterocycles. The van der Waals surface area contributed by atoms with Crippen LogP contribution in [0.3, 0.4) is 0 Å². The predicted octanol–water partition coefficient (Wildman–Crippen LogP) is 2.00. The summed E-state index contributed by atoms with van der Waals surface area (Å²) >= 11 is 8.95. The zero-order chi connectivity index (χ0) is 11.4. The fourth-order valence-corrected chi connectivity index (χ4v) is 1.43. The number of rotatable bonds is 3. The fourth-order valence-electron chi connectivity index (χ4n) is 0.977. The molecule has 6 heteroatoms. The first-order valence-electron chi connectivity index (χ1n) is 4.24. The number of nitrogens with one attached hydrogen (secondary N) is 1. The normalized spacial score (nSPS) is 10.5. The molecule has 0 aliphatic carbocycles. The third kappa shape index (κ3) is 4.15. The molecule has 82 valence electrons. The average molecular weight is 293 g/mol. The monoisotopic (exact) mass is 291 g/mol. The Morgan fingerprint density at radius 1 is 1.67 bits per heavy atom. The van der Waals surface area contributed by atoms with Crippen LogP contribution in [0.25, 0.3) is 0 Å². The second-order valence-electron chi connectivity index (χ2n) is 3.28. The maximum atomic E-state index is 11.4. The molecule has 0 aliphatic heterocycles. The van der Waals surface area contributed by atoms with Crippen molar-refractivity contribution in [3.05, 3.63) is 21.9 Å². The van der Waals surface area contributed by atoms with Crippen LogP contribution in [0.4, 0.5) is 5.69 Å². The Balaban J connectivity index is 2.65. The number of carbonyl (C=O) groups is 1. The summed E-state index contributed by atoms with van der Waals surface area (Å²) in [5.74, 6) is -0.0870. The lowest BCUT2D eigenvalue weighted by atomic mass is 10.4. The van der Waals surface area contributed by atoms with Gasteiger partial charge in [-0.25, -0.2) is 4.98 Å². The minimum absolute atomic E-state index is 0.0870. The van der Waals surface area contributed by atoms with Gasteiger partial charge in [0.2, 0.25) is 5.91 Å². The standard InChI is InChI=1S/C9H11BrClN3O/c1-14(2)5-8(15)13-6-3-7(10)9(11)12-4-6/h3-4H,5H2,1-2H3,(H,13,15). The van der Waals surface area contributed by atoms with Crippen molar-refractivity contribution in [2.75, 3.05) is 26.0 Å². The van der Waals surface area contributed by atoms with Crippen LogP contribution < -0.4 is 5.32 Å². The summed E-state index contributed by atoms with van der Waals surface area (Å²) in [4.78, 5) is 17.1. The van der Waals surface area contributed by atoms with Crippen LogP contribution in [-0.4, -0.2) is 36.4 Å². The second kappa shape index (κ2) is 5.44. The van der Waals surface area contributed by atoms with Crippen LogP contribution in [0.2, 0.25) is 5.15 Å². The first-order chi connectivity index (χ1) is 6.99. The highest BCUT2D eigenvalue weighted by Gasteiger charge is 2.05. The molecule has 0 aromatic carbocycles. The van der Waals surface area contributed by atoms with E-state index in [4.69, 9.17) is 11.6 Å². The largest absolute Gasteiger partial charge is 0.324 e. The summed E-state index contributed by atoms with van der Waals surface area (Å²) < 4.78 is 0.659. The summed E-state index contributed by atoms with van der Waals surface area (Å²) in [5.41, 5.74) is 0.623. The SMILES string of the molecule is CN(C)CC(=O)Nc1cnc(Cl)c(Br)c1. The van der Waals surface area contributed by atoms with Crippen molar-refractivity contribution < 1.29 is 4.79 Å². The molecule has 0 saturated carbocycles. The highest BCUT2D eigenvalue weighted by Crippen LogP contribution is 2.22. The van der Waals surface area contributed by atoms with Gasteiger partial charge >= 0.3 is 0 Å². The summed E-state index contributed by atoms with van der Waals surface area (Å²) in [6, 6.07) is 1.71. The Hall–Kier alpha value is -0.650. The molecule has 0 fully saturated rings. The maximum absolute atomic E-state index is 11.4. The van der Waals surface area contributed by atoms with E-state index in [-0.39, 0.29) is 5.91 Å². The Kier molecular flexibility index (Phi) is 4.50. The Morgan fingerprint density at radius 2 is 2.33 bits per heavy atom. The van der Waals surface area contributed by atoms with E-state index in [1.807, 2.05) is 14.1 Å². The highest BCUT2D eigenvalue weighted by molar-refractivity contribution is 9.10. The minimum Gasteiger partial charge on any atom is -0.324 e. The van der Waals surface area contributed by atoms with Gasteiger partial charge in [-0.15, -0.1) is 0 Å². The quantitative estimate of drug-likeness (QED) is 0.867. The number of carbonyl (C=O) groups excluding carboxylic acids is 1. The van der Waals surface area contributed by atoms with Crippen molar-refractivity contribution in [1.29, 1.82) is 0 Å². The lowest BCUT2D eigenvalue weighted by molar-refractivity contribution is -0.116. The number of hydrogen-bond donors (Lipinski definition) is 1. The fraction of sp³-hybridized carbons (Fsp3) is 0.333. The molecule has 0 saturated heterocycles. The van der Waals surface area contributed by atoms with Gasteiger partial charge in [-0.05, 0) is 36.1 Å². The number of amides is 1. The summed E-state index contributed by atoms with van der Waals surface area (Å²) in [5, 5.41) is 3.09. The Bertz CT molecular complexity index is 370. The van der Waals surface area contributed by atoms with Crippen LogP contribution in [0.5, 0.6) is 0 Å². The highest BCUT2D eigenvalue weighted by atomic mass is 79.9. The molecule has 0 bridgehead atoms. The molecule has 4 nitrogen and oxygen atoms in total. The van der Waals surface area contributed by atoms with Crippen molar-refractivity contribution in [3.8, 4) is 0 Å². The Labute approximate surface area is 102 Å². The number of aromatic nitrogens is 1. The number of anilines is 1. The van der Waals surface area contributed by atoms with E-state index in [0.29, 0.717) is 21.9 Å². The number of pyridine rings is 1. The number of nitrogens with zero attached hydrogens (tertiary/aromatic N) is 2. The molecule has 0 radical (unpaired) electrons. The molecule has 1 rings (SSSR count). The van der Waals surface area contributed by atoms with Crippen LogP contribution in [-0.2, 0) is 4.79 Å². The third-order valence-corrected chi connectivity index (χ3v) is 2.67. The number of hydrogen-bond acceptors (Lipinski definition) is 3. The lowest BCUT2D eigenvalue weighted by Gasteiger charge is -2.10. The predicted molar refractivity (Wildman–Crippen MR) is 64.1 cm³/mol. The van der Waals surface area contributed by atoms with Gasteiger partial charge in [0.1, 0.15) is 5.15 Å². The minimum atomic E-state index is -0.0870. The zero-order valence-corrected chi connectivity index (χ0v) is 10.8. The van der Waals surface area contributed by atoms with Crippen molar-refractivity contribution in [2.45, 2.75) is 0 Å². The molecule has 1 aromatic rings. The van der Waals surface area contributed by atoms with E-state index in [2.05, 4.69) is 26.2 Å². The van der Waals surface area contributed by atoms with Crippen LogP contribution in [0, 0.1) is 0 Å². The molecule has 1 aromatic heterocycles. The van der Waals surface area contributed by atoms with Gasteiger partial charge in [0.15, 0.2) is 0 Å². The molecule has 1 N–H and O–H groups in total. The van der Waals surface area contributed by atoms with Crippen molar-refractivity contribution in [1.82, 2.24) is 9.88 Å². The van der Waals surface area contributed by atoms with Crippen LogP contribution >= 0.6 is 27.5 Å². The molecule has 0 atom stereocenters. The molecule has 0 spiro atoms. The lowest BCUT2D eigenvalue weighted by Crippen LogP contribution is -2.27. The third-order valence-electron chi connectivity index (χ3n) is 1.54. The number of likely N-dealkylation sites (N-methyl/N-ethyl adjacent to an activating group) is 1. The van der Waals surface area contributed by atoms with E-state index in [1.165, 1.54) is 6.20 Å². The van der Waals surface area contributed by atoms with E-state index in [1.54, 1.807) is 11.0 Å². The van der Waals surface area contributed by atoms with E-state index in [9.17, 15) is 4.79 Å². The maximum Gasteiger partial charge on any atom is 0.238 e. The van der Waals surface area contributed by atoms with E-state index < -0.39 is 0 Å². The summed E-state index contributed by atoms with van der Waals surface area (Å²) in [7, 11) is 3.66. The molecule has 1 amide bonds. The van der Waals surface area contributed by atoms with Crippen LogP contribution in [0.1, 0.15) is 0 Å². The summed E-state index contributed by atoms with van der Waals surface area (Å²) in [6.07, 6.45) is 1.51. The molecular weight excluding hydrogens is 281 g/mol. The number of halogens is 2. The van der Waals surface area contributed by atoms with Crippen molar-refractivity contribution in [2.24, 2.45) is 0 Å². The van der Waals surface area contributed by atoms with Gasteiger partial charge in [-0.3, -0.25) is 4.79 Å². The van der Waals surface area contributed by atoms with Crippen LogP contribution in [0.15, 0.2) is 16.7 Å². The molecule has 0 aliphatic rings.